The molecule has 2 N–H and O–H groups in total. The Labute approximate surface area is 177 Å². The Morgan fingerprint density at radius 3 is 2.53 bits per heavy atom. The van der Waals surface area contributed by atoms with Crippen LogP contribution in [-0.4, -0.2) is 39.9 Å². The third-order valence-electron chi connectivity index (χ3n) is 5.35. The molecule has 3 heterocycles. The highest BCUT2D eigenvalue weighted by molar-refractivity contribution is 5.92. The second-order valence-corrected chi connectivity index (χ2v) is 7.63. The van der Waals surface area contributed by atoms with Gasteiger partial charge in [0.2, 0.25) is 0 Å². The molecular weight excluding hydrogens is 374 g/mol. The normalized spacial score (nSPS) is 14.9. The summed E-state index contributed by atoms with van der Waals surface area (Å²) in [5.41, 5.74) is 2.84. The molecule has 3 aromatic rings. The first-order valence-corrected chi connectivity index (χ1v) is 10.4. The predicted molar refractivity (Wildman–Crippen MR) is 118 cm³/mol. The zero-order valence-corrected chi connectivity index (χ0v) is 17.0. The maximum absolute atomic E-state index is 12.7. The molecule has 0 radical (unpaired) electrons. The topological polar surface area (TPSA) is 70.2 Å². The smallest absolute Gasteiger partial charge is 0.270 e. The molecule has 0 aliphatic carbocycles. The number of likely N-dealkylation sites (tertiary alicyclic amines) is 1. The lowest BCUT2D eigenvalue weighted by molar-refractivity contribution is 0.0904. The first-order chi connectivity index (χ1) is 14.8. The third-order valence-corrected chi connectivity index (χ3v) is 5.35. The van der Waals surface area contributed by atoms with E-state index in [9.17, 15) is 4.79 Å². The van der Waals surface area contributed by atoms with E-state index in [1.54, 1.807) is 12.3 Å². The Kier molecular flexibility index (Phi) is 6.67. The van der Waals surface area contributed by atoms with Gasteiger partial charge in [0.05, 0.1) is 0 Å². The summed E-state index contributed by atoms with van der Waals surface area (Å²) in [5, 5.41) is 6.41. The number of rotatable bonds is 7. The van der Waals surface area contributed by atoms with Gasteiger partial charge in [-0.05, 0) is 42.2 Å². The largest absolute Gasteiger partial charge is 0.366 e. The summed E-state index contributed by atoms with van der Waals surface area (Å²) < 4.78 is 0. The monoisotopic (exact) mass is 401 g/mol. The highest BCUT2D eigenvalue weighted by Gasteiger charge is 2.21. The second-order valence-electron chi connectivity index (χ2n) is 7.63. The Morgan fingerprint density at radius 1 is 0.967 bits per heavy atom. The van der Waals surface area contributed by atoms with Crippen LogP contribution in [0.15, 0.2) is 73.1 Å². The van der Waals surface area contributed by atoms with E-state index in [-0.39, 0.29) is 11.9 Å². The fraction of sp³-hybridized carbons (Fsp3) is 0.292. The number of hydrogen-bond acceptors (Lipinski definition) is 5. The van der Waals surface area contributed by atoms with Crippen LogP contribution in [0.4, 0.5) is 5.82 Å². The lowest BCUT2D eigenvalue weighted by Crippen LogP contribution is -2.44. The summed E-state index contributed by atoms with van der Waals surface area (Å²) in [6.45, 7) is 3.56. The number of carbonyl (C=O) groups excluding carboxylic acids is 1. The van der Waals surface area contributed by atoms with E-state index in [0.29, 0.717) is 18.1 Å². The number of nitrogens with one attached hydrogen (secondary N) is 2. The molecule has 1 aliphatic rings. The van der Waals surface area contributed by atoms with Crippen molar-refractivity contribution in [3.05, 3.63) is 89.9 Å². The van der Waals surface area contributed by atoms with Gasteiger partial charge in [-0.1, -0.05) is 42.5 Å². The predicted octanol–water partition coefficient (Wildman–Crippen LogP) is 3.48. The molecule has 30 heavy (non-hydrogen) atoms. The van der Waals surface area contributed by atoms with E-state index >= 15 is 0 Å². The van der Waals surface area contributed by atoms with Crippen molar-refractivity contribution in [2.45, 2.75) is 32.0 Å². The van der Waals surface area contributed by atoms with Gasteiger partial charge in [0.15, 0.2) is 0 Å². The van der Waals surface area contributed by atoms with Crippen LogP contribution in [0.1, 0.15) is 34.5 Å². The Bertz CT molecular complexity index is 940. The van der Waals surface area contributed by atoms with Crippen LogP contribution < -0.4 is 10.6 Å². The van der Waals surface area contributed by atoms with Gasteiger partial charge < -0.3 is 10.6 Å². The van der Waals surface area contributed by atoms with Gasteiger partial charge in [-0.2, -0.15) is 0 Å². The number of aromatic nitrogens is 2. The van der Waals surface area contributed by atoms with Crippen LogP contribution in [0.2, 0.25) is 0 Å². The average Bonchev–Trinajstić information content (AvgIpc) is 2.80. The van der Waals surface area contributed by atoms with Gasteiger partial charge in [-0.25, -0.2) is 4.98 Å². The molecule has 2 aromatic heterocycles. The number of carbonyl (C=O) groups is 1. The summed E-state index contributed by atoms with van der Waals surface area (Å²) in [4.78, 5) is 23.7. The number of piperidine rings is 1. The number of hydrogen-bond donors (Lipinski definition) is 2. The van der Waals surface area contributed by atoms with Crippen molar-refractivity contribution in [2.24, 2.45) is 0 Å². The zero-order valence-electron chi connectivity index (χ0n) is 17.0. The summed E-state index contributed by atoms with van der Waals surface area (Å²) in [7, 11) is 0. The van der Waals surface area contributed by atoms with Gasteiger partial charge in [0, 0.05) is 44.6 Å². The van der Waals surface area contributed by atoms with Crippen molar-refractivity contribution in [1.82, 2.24) is 20.2 Å². The molecule has 1 saturated heterocycles. The van der Waals surface area contributed by atoms with Crippen LogP contribution in [-0.2, 0) is 13.1 Å². The van der Waals surface area contributed by atoms with E-state index in [1.165, 1.54) is 5.56 Å². The molecule has 1 aliphatic heterocycles. The summed E-state index contributed by atoms with van der Waals surface area (Å²) in [6.07, 6.45) is 5.47. The quantitative estimate of drug-likeness (QED) is 0.634. The minimum absolute atomic E-state index is 0.110. The molecule has 0 atom stereocenters. The van der Waals surface area contributed by atoms with E-state index < -0.39 is 0 Å². The van der Waals surface area contributed by atoms with E-state index in [2.05, 4.69) is 49.8 Å². The zero-order chi connectivity index (χ0) is 20.6. The fourth-order valence-electron chi connectivity index (χ4n) is 3.69. The molecule has 4 rings (SSSR count). The van der Waals surface area contributed by atoms with E-state index in [0.717, 1.165) is 38.0 Å². The Morgan fingerprint density at radius 2 is 1.77 bits per heavy atom. The van der Waals surface area contributed by atoms with Crippen molar-refractivity contribution < 1.29 is 4.79 Å². The molecule has 1 aromatic carbocycles. The van der Waals surface area contributed by atoms with E-state index in [1.807, 2.05) is 36.5 Å². The Hall–Kier alpha value is -3.25. The number of benzene rings is 1. The van der Waals surface area contributed by atoms with Gasteiger partial charge in [-0.15, -0.1) is 0 Å². The van der Waals surface area contributed by atoms with Gasteiger partial charge in [0.25, 0.3) is 5.91 Å². The summed E-state index contributed by atoms with van der Waals surface area (Å²) in [5.74, 6) is 0.575. The lowest BCUT2D eigenvalue weighted by Gasteiger charge is -2.32. The second kappa shape index (κ2) is 9.98. The molecule has 0 spiro atoms. The maximum atomic E-state index is 12.7. The molecule has 0 saturated carbocycles. The first kappa shape index (κ1) is 20.0. The Balaban J connectivity index is 1.26. The average molecular weight is 402 g/mol. The van der Waals surface area contributed by atoms with Crippen LogP contribution in [0.25, 0.3) is 0 Å². The van der Waals surface area contributed by atoms with Gasteiger partial charge >= 0.3 is 0 Å². The van der Waals surface area contributed by atoms with Gasteiger partial charge in [-0.3, -0.25) is 14.7 Å². The first-order valence-electron chi connectivity index (χ1n) is 10.4. The molecular formula is C24H27N5O. The molecule has 6 heteroatoms. The molecule has 154 valence electrons. The van der Waals surface area contributed by atoms with Crippen molar-refractivity contribution in [2.75, 3.05) is 18.4 Å². The molecule has 6 nitrogen and oxygen atoms in total. The van der Waals surface area contributed by atoms with Crippen LogP contribution in [0.5, 0.6) is 0 Å². The number of amides is 1. The standard InChI is InChI=1S/C24H27N5O/c30-24(22-9-4-10-23(28-22)26-17-20-8-5-13-25-16-20)27-21-11-14-29(15-12-21)18-19-6-2-1-3-7-19/h1-10,13,16,21H,11-12,14-15,17-18H2,(H,26,28)(H,27,30). The molecule has 1 amide bonds. The van der Waals surface area contributed by atoms with Crippen molar-refractivity contribution in [3.63, 3.8) is 0 Å². The molecule has 1 fully saturated rings. The highest BCUT2D eigenvalue weighted by Crippen LogP contribution is 2.15. The fourth-order valence-corrected chi connectivity index (χ4v) is 3.69. The number of anilines is 1. The van der Waals surface area contributed by atoms with E-state index in [4.69, 9.17) is 0 Å². The molecule has 0 bridgehead atoms. The van der Waals surface area contributed by atoms with Crippen LogP contribution >= 0.6 is 0 Å². The SMILES string of the molecule is O=C(NC1CCN(Cc2ccccc2)CC1)c1cccc(NCc2cccnc2)n1. The number of nitrogens with zero attached hydrogens (tertiary/aromatic N) is 3. The maximum Gasteiger partial charge on any atom is 0.270 e. The minimum atomic E-state index is -0.110. The van der Waals surface area contributed by atoms with Crippen LogP contribution in [0.3, 0.4) is 0 Å². The third kappa shape index (κ3) is 5.64. The lowest BCUT2D eigenvalue weighted by atomic mass is 10.0. The van der Waals surface area contributed by atoms with Crippen molar-refractivity contribution in [3.8, 4) is 0 Å². The van der Waals surface area contributed by atoms with Crippen molar-refractivity contribution in [1.29, 1.82) is 0 Å². The molecule has 0 unspecified atom stereocenters. The summed E-state index contributed by atoms with van der Waals surface area (Å²) >= 11 is 0. The highest BCUT2D eigenvalue weighted by atomic mass is 16.1. The van der Waals surface area contributed by atoms with Crippen molar-refractivity contribution >= 4 is 11.7 Å². The van der Waals surface area contributed by atoms with Crippen LogP contribution in [0, 0.1) is 0 Å². The summed E-state index contributed by atoms with van der Waals surface area (Å²) in [6, 6.07) is 20.1. The van der Waals surface area contributed by atoms with Gasteiger partial charge in [0.1, 0.15) is 11.5 Å². The minimum Gasteiger partial charge on any atom is -0.366 e. The number of pyridine rings is 2.